The topological polar surface area (TPSA) is 40.5 Å². The Bertz CT molecular complexity index is 18.5. The Morgan fingerprint density at radius 2 is 0.889 bits per heavy atom. The van der Waals surface area contributed by atoms with Crippen molar-refractivity contribution in [3.8, 4) is 0 Å². The molecule has 0 aliphatic heterocycles. The summed E-state index contributed by atoms with van der Waals surface area (Å²) in [6, 6.07) is 0. The number of aliphatic hydroxyl groups is 2. The molecule has 2 nitrogen and oxygen atoms in total. The first-order valence-corrected chi connectivity index (χ1v) is 2.05. The van der Waals surface area contributed by atoms with Crippen molar-refractivity contribution in [3.63, 3.8) is 0 Å². The molecule has 0 bridgehead atoms. The van der Waals surface area contributed by atoms with Crippen molar-refractivity contribution in [2.45, 2.75) is 13.8 Å². The molecule has 0 atom stereocenters. The number of rotatable bonds is 0. The molecule has 9 heavy (non-hydrogen) atoms. The van der Waals surface area contributed by atoms with Crippen LogP contribution in [0.3, 0.4) is 0 Å². The van der Waals surface area contributed by atoms with Crippen LogP contribution in [0.25, 0.3) is 0 Å². The minimum absolute atomic E-state index is 0. The maximum Gasteiger partial charge on any atom is 2.00 e. The summed E-state index contributed by atoms with van der Waals surface area (Å²) in [5, 5.41) is 15.1. The van der Waals surface area contributed by atoms with Crippen molar-refractivity contribution in [2.24, 2.45) is 0 Å². The Kier molecular flexibility index (Phi) is 213. The van der Waals surface area contributed by atoms with Crippen LogP contribution in [0.2, 0.25) is 0 Å². The van der Waals surface area contributed by atoms with Gasteiger partial charge in [-0.05, 0) is 13.8 Å². The van der Waals surface area contributed by atoms with Gasteiger partial charge in [0.1, 0.15) is 0 Å². The Labute approximate surface area is 83.7 Å². The van der Waals surface area contributed by atoms with E-state index in [1.807, 2.05) is 0 Å². The summed E-state index contributed by atoms with van der Waals surface area (Å²) in [7, 11) is 0. The van der Waals surface area contributed by atoms with Crippen molar-refractivity contribution < 1.29 is 56.7 Å². The maximum absolute atomic E-state index is 7.57. The fourth-order valence-corrected chi connectivity index (χ4v) is 0. The van der Waals surface area contributed by atoms with Gasteiger partial charge < -0.3 is 35.0 Å². The summed E-state index contributed by atoms with van der Waals surface area (Å²) in [5.41, 5.74) is 0. The third-order valence-corrected chi connectivity index (χ3v) is 0. The summed E-state index contributed by atoms with van der Waals surface area (Å²) in [5.74, 6) is 0. The molecule has 0 saturated heterocycles. The van der Waals surface area contributed by atoms with Crippen LogP contribution in [0.1, 0.15) is 13.8 Å². The van der Waals surface area contributed by atoms with E-state index in [2.05, 4.69) is 0 Å². The largest absolute Gasteiger partial charge is 2.00 e. The first-order chi connectivity index (χ1) is 2.83. The van der Waals surface area contributed by atoms with E-state index in [9.17, 15) is 0 Å². The smallest absolute Gasteiger partial charge is 1.00 e. The molecule has 0 spiro atoms. The van der Waals surface area contributed by atoms with E-state index in [0.29, 0.717) is 0 Å². The third kappa shape index (κ3) is 325. The molecule has 0 aromatic heterocycles. The average molecular weight is 211 g/mol. The Morgan fingerprint density at radius 3 is 0.889 bits per heavy atom. The van der Waals surface area contributed by atoms with Crippen LogP contribution in [0.4, 0.5) is 0 Å². The van der Waals surface area contributed by atoms with Crippen LogP contribution in [0.5, 0.6) is 0 Å². The van der Waals surface area contributed by atoms with E-state index in [1.165, 1.54) is 0 Å². The van der Waals surface area contributed by atoms with Gasteiger partial charge in [-0.1, -0.05) is 0 Å². The zero-order valence-corrected chi connectivity index (χ0v) is 8.64. The van der Waals surface area contributed by atoms with Gasteiger partial charge in [-0.2, -0.15) is 0 Å². The van der Waals surface area contributed by atoms with Crippen LogP contribution in [-0.2, 0) is 21.7 Å². The molecule has 5 heteroatoms. The van der Waals surface area contributed by atoms with E-state index in [4.69, 9.17) is 10.2 Å². The molecule has 0 aromatic carbocycles. The van der Waals surface area contributed by atoms with E-state index < -0.39 is 0 Å². The van der Waals surface area contributed by atoms with Crippen molar-refractivity contribution in [3.05, 3.63) is 0 Å². The molecule has 0 unspecified atom stereocenters. The fourth-order valence-electron chi connectivity index (χ4n) is 0. The van der Waals surface area contributed by atoms with Gasteiger partial charge in [0.25, 0.3) is 0 Å². The third-order valence-electron chi connectivity index (χ3n) is 0. The van der Waals surface area contributed by atoms with Gasteiger partial charge in [0.2, 0.25) is 0 Å². The zero-order valence-electron chi connectivity index (χ0n) is 5.56. The molecule has 2 N–H and O–H groups in total. The molecule has 0 heterocycles. The second kappa shape index (κ2) is 60.2. The molecular weight excluding hydrogens is 199 g/mol. The van der Waals surface area contributed by atoms with Gasteiger partial charge in [0.15, 0.2) is 0 Å². The minimum Gasteiger partial charge on any atom is -1.00 e. The standard InChI is InChI=1S/2C2H6O.2ClH.Ti/c2*1-2-3;;;/h2*3H,2H2,1H3;2*1H;/q;;;;+2/p-2. The van der Waals surface area contributed by atoms with Crippen molar-refractivity contribution in [1.29, 1.82) is 0 Å². The molecule has 0 aromatic rings. The minimum atomic E-state index is 0. The SMILES string of the molecule is CCO.CCO.[Cl-].[Cl-].[Ti+2]. The van der Waals surface area contributed by atoms with E-state index in [0.717, 1.165) is 0 Å². The van der Waals surface area contributed by atoms with Gasteiger partial charge in [-0.25, -0.2) is 0 Å². The second-order valence-electron chi connectivity index (χ2n) is 0.632. The summed E-state index contributed by atoms with van der Waals surface area (Å²) >= 11 is 0. The number of halogens is 2. The first kappa shape index (κ1) is 31.9. The quantitative estimate of drug-likeness (QED) is 0.391. The van der Waals surface area contributed by atoms with Crippen molar-refractivity contribution >= 4 is 0 Å². The monoisotopic (exact) mass is 210 g/mol. The normalized spacial score (nSPS) is 4.00. The van der Waals surface area contributed by atoms with Gasteiger partial charge in [-0.15, -0.1) is 0 Å². The molecule has 0 fully saturated rings. The predicted octanol–water partition coefficient (Wildman–Crippen LogP) is -6.00. The molecule has 58 valence electrons. The van der Waals surface area contributed by atoms with Crippen LogP contribution in [0, 0.1) is 0 Å². The fraction of sp³-hybridized carbons (Fsp3) is 1.00. The molecule has 0 aliphatic carbocycles. The first-order valence-electron chi connectivity index (χ1n) is 2.05. The number of hydrogen-bond donors (Lipinski definition) is 2. The van der Waals surface area contributed by atoms with E-state index in [1.54, 1.807) is 13.8 Å². The van der Waals surface area contributed by atoms with Gasteiger partial charge in [0, 0.05) is 13.2 Å². The van der Waals surface area contributed by atoms with Crippen LogP contribution in [-0.4, -0.2) is 23.4 Å². The Hall–Kier alpha value is 1.21. The number of aliphatic hydroxyl groups excluding tert-OH is 2. The molecular formula is C4H12Cl2O2Ti. The maximum atomic E-state index is 7.57. The summed E-state index contributed by atoms with van der Waals surface area (Å²) in [4.78, 5) is 0. The predicted molar refractivity (Wildman–Crippen MR) is 25.5 cm³/mol. The summed E-state index contributed by atoms with van der Waals surface area (Å²) in [6.45, 7) is 3.86. The van der Waals surface area contributed by atoms with Crippen LogP contribution < -0.4 is 24.8 Å². The zero-order chi connectivity index (χ0) is 5.41. The molecule has 0 rings (SSSR count). The van der Waals surface area contributed by atoms with Crippen LogP contribution >= 0.6 is 0 Å². The van der Waals surface area contributed by atoms with E-state index in [-0.39, 0.29) is 59.7 Å². The van der Waals surface area contributed by atoms with Crippen molar-refractivity contribution in [2.75, 3.05) is 13.2 Å². The van der Waals surface area contributed by atoms with Gasteiger partial charge in [0.05, 0.1) is 0 Å². The molecule has 0 aliphatic rings. The van der Waals surface area contributed by atoms with E-state index >= 15 is 0 Å². The summed E-state index contributed by atoms with van der Waals surface area (Å²) in [6.07, 6.45) is 0. The molecule has 0 radical (unpaired) electrons. The Balaban J connectivity index is -0.00000000889. The molecule has 0 saturated carbocycles. The second-order valence-corrected chi connectivity index (χ2v) is 0.632. The summed E-state index contributed by atoms with van der Waals surface area (Å²) < 4.78 is 0. The van der Waals surface area contributed by atoms with Crippen molar-refractivity contribution in [1.82, 2.24) is 0 Å². The van der Waals surface area contributed by atoms with Gasteiger partial charge in [-0.3, -0.25) is 0 Å². The number of hydrogen-bond acceptors (Lipinski definition) is 2. The average Bonchev–Trinajstić information content (AvgIpc) is 1.39. The Morgan fingerprint density at radius 1 is 0.889 bits per heavy atom. The van der Waals surface area contributed by atoms with Crippen LogP contribution in [0.15, 0.2) is 0 Å². The van der Waals surface area contributed by atoms with Gasteiger partial charge >= 0.3 is 21.7 Å². The molecule has 0 amide bonds.